The summed E-state index contributed by atoms with van der Waals surface area (Å²) in [7, 11) is 0. The summed E-state index contributed by atoms with van der Waals surface area (Å²) in [5.41, 5.74) is 1.66. The quantitative estimate of drug-likeness (QED) is 0.862. The minimum atomic E-state index is 0.467. The van der Waals surface area contributed by atoms with E-state index in [1.54, 1.807) is 0 Å². The molecular weight excluding hydrogens is 298 g/mol. The second-order valence-corrected chi connectivity index (χ2v) is 7.61. The van der Waals surface area contributed by atoms with Gasteiger partial charge in [-0.2, -0.15) is 0 Å². The van der Waals surface area contributed by atoms with Gasteiger partial charge in [-0.15, -0.1) is 0 Å². The molecule has 0 aliphatic carbocycles. The van der Waals surface area contributed by atoms with E-state index in [1.807, 2.05) is 19.2 Å². The number of nitrogens with zero attached hydrogens (tertiary/aromatic N) is 3. The molecule has 1 atom stereocenters. The lowest BCUT2D eigenvalue weighted by atomic mass is 9.79. The molecule has 0 bridgehead atoms. The lowest BCUT2D eigenvalue weighted by molar-refractivity contribution is 0.0812. The molecule has 2 fully saturated rings. The molecule has 4 nitrogen and oxygen atoms in total. The Morgan fingerprint density at radius 1 is 1.04 bits per heavy atom. The Balaban J connectivity index is 1.36. The fraction of sp³-hybridized carbons (Fsp3) is 0.550. The average molecular weight is 325 g/mol. The van der Waals surface area contributed by atoms with Crippen LogP contribution in [-0.4, -0.2) is 41.0 Å². The van der Waals surface area contributed by atoms with Crippen molar-refractivity contribution in [3.8, 4) is 0 Å². The number of likely N-dealkylation sites (tertiary alicyclic amines) is 2. The number of rotatable bonds is 4. The maximum atomic E-state index is 5.78. The predicted octanol–water partition coefficient (Wildman–Crippen LogP) is 3.47. The molecule has 24 heavy (non-hydrogen) atoms. The van der Waals surface area contributed by atoms with Gasteiger partial charge in [-0.05, 0) is 69.0 Å². The van der Waals surface area contributed by atoms with Crippen molar-refractivity contribution in [2.75, 3.05) is 26.2 Å². The van der Waals surface area contributed by atoms with E-state index in [9.17, 15) is 0 Å². The van der Waals surface area contributed by atoms with Crippen LogP contribution in [0.25, 0.3) is 0 Å². The van der Waals surface area contributed by atoms with Gasteiger partial charge in [0.1, 0.15) is 11.5 Å². The van der Waals surface area contributed by atoms with Crippen molar-refractivity contribution in [1.82, 2.24) is 14.8 Å². The zero-order valence-electron chi connectivity index (χ0n) is 14.6. The van der Waals surface area contributed by atoms with Crippen LogP contribution in [0.5, 0.6) is 0 Å². The van der Waals surface area contributed by atoms with Gasteiger partial charge in [-0.25, -0.2) is 0 Å². The summed E-state index contributed by atoms with van der Waals surface area (Å²) in [6, 6.07) is 10.4. The smallest absolute Gasteiger partial charge is 0.118 e. The summed E-state index contributed by atoms with van der Waals surface area (Å²) in [6.45, 7) is 8.76. The molecule has 0 N–H and O–H groups in total. The van der Waals surface area contributed by atoms with Gasteiger partial charge in [0.15, 0.2) is 0 Å². The highest BCUT2D eigenvalue weighted by Crippen LogP contribution is 2.39. The van der Waals surface area contributed by atoms with Crippen molar-refractivity contribution in [2.45, 2.75) is 39.3 Å². The molecule has 2 saturated heterocycles. The Morgan fingerprint density at radius 3 is 2.67 bits per heavy atom. The fourth-order valence-corrected chi connectivity index (χ4v) is 4.45. The van der Waals surface area contributed by atoms with E-state index in [0.29, 0.717) is 5.41 Å². The third kappa shape index (κ3) is 3.55. The Kier molecular flexibility index (Phi) is 4.42. The summed E-state index contributed by atoms with van der Waals surface area (Å²) in [4.78, 5) is 9.66. The molecule has 0 amide bonds. The summed E-state index contributed by atoms with van der Waals surface area (Å²) in [5, 5.41) is 0. The molecular formula is C20H27N3O. The topological polar surface area (TPSA) is 32.5 Å². The molecule has 2 aromatic heterocycles. The van der Waals surface area contributed by atoms with Gasteiger partial charge in [0, 0.05) is 25.8 Å². The highest BCUT2D eigenvalue weighted by atomic mass is 16.3. The Bertz CT molecular complexity index is 669. The number of hydrogen-bond acceptors (Lipinski definition) is 4. The highest BCUT2D eigenvalue weighted by Gasteiger charge is 2.41. The number of furan rings is 1. The highest BCUT2D eigenvalue weighted by molar-refractivity contribution is 5.07. The number of aromatic nitrogens is 1. The van der Waals surface area contributed by atoms with Crippen LogP contribution in [0.1, 0.15) is 36.5 Å². The maximum Gasteiger partial charge on any atom is 0.118 e. The molecule has 4 rings (SSSR count). The molecule has 0 aromatic carbocycles. The second-order valence-electron chi connectivity index (χ2n) is 7.61. The van der Waals surface area contributed by atoms with Crippen LogP contribution < -0.4 is 0 Å². The van der Waals surface area contributed by atoms with Crippen LogP contribution >= 0.6 is 0 Å². The van der Waals surface area contributed by atoms with Crippen molar-refractivity contribution in [2.24, 2.45) is 5.41 Å². The second kappa shape index (κ2) is 6.69. The van der Waals surface area contributed by atoms with Crippen LogP contribution in [0.15, 0.2) is 40.9 Å². The standard InChI is InChI=1S/C20H27N3O/c1-17-6-7-19(24-17)14-22-11-4-8-20(15-22)9-12-23(16-20)13-18-5-2-3-10-21-18/h2-3,5-7,10H,4,8-9,11-16H2,1H3/t20-/m0/s1. The van der Waals surface area contributed by atoms with E-state index < -0.39 is 0 Å². The van der Waals surface area contributed by atoms with E-state index in [0.717, 1.165) is 24.6 Å². The van der Waals surface area contributed by atoms with Gasteiger partial charge in [0.25, 0.3) is 0 Å². The monoisotopic (exact) mass is 325 g/mol. The molecule has 2 aromatic rings. The summed E-state index contributed by atoms with van der Waals surface area (Å²) in [6.07, 6.45) is 5.87. The minimum Gasteiger partial charge on any atom is -0.465 e. The summed E-state index contributed by atoms with van der Waals surface area (Å²) in [5.74, 6) is 2.12. The van der Waals surface area contributed by atoms with Crippen molar-refractivity contribution in [3.63, 3.8) is 0 Å². The van der Waals surface area contributed by atoms with Crippen LogP contribution in [0.4, 0.5) is 0 Å². The number of hydrogen-bond donors (Lipinski definition) is 0. The van der Waals surface area contributed by atoms with Gasteiger partial charge in [-0.3, -0.25) is 14.8 Å². The predicted molar refractivity (Wildman–Crippen MR) is 94.5 cm³/mol. The molecule has 1 spiro atoms. The van der Waals surface area contributed by atoms with Crippen molar-refractivity contribution in [3.05, 3.63) is 53.7 Å². The molecule has 4 heterocycles. The lowest BCUT2D eigenvalue weighted by Crippen LogP contribution is -2.44. The van der Waals surface area contributed by atoms with Crippen LogP contribution in [0, 0.1) is 12.3 Å². The molecule has 0 radical (unpaired) electrons. The number of aryl methyl sites for hydroxylation is 1. The largest absolute Gasteiger partial charge is 0.465 e. The third-order valence-corrected chi connectivity index (χ3v) is 5.55. The SMILES string of the molecule is Cc1ccc(CN2CCC[C@]3(CCN(Cc4ccccn4)C3)C2)o1. The minimum absolute atomic E-state index is 0.467. The van der Waals surface area contributed by atoms with E-state index in [4.69, 9.17) is 4.42 Å². The zero-order valence-corrected chi connectivity index (χ0v) is 14.6. The first-order valence-electron chi connectivity index (χ1n) is 9.11. The molecule has 4 heteroatoms. The van der Waals surface area contributed by atoms with Crippen LogP contribution in [-0.2, 0) is 13.1 Å². The first-order chi connectivity index (χ1) is 11.7. The first kappa shape index (κ1) is 15.9. The van der Waals surface area contributed by atoms with Gasteiger partial charge < -0.3 is 4.42 Å². The molecule has 2 aliphatic heterocycles. The molecule has 0 unspecified atom stereocenters. The normalized spacial score (nSPS) is 25.5. The van der Waals surface area contributed by atoms with Crippen molar-refractivity contribution < 1.29 is 4.42 Å². The fourth-order valence-electron chi connectivity index (χ4n) is 4.45. The average Bonchev–Trinajstić information content (AvgIpc) is 3.15. The summed E-state index contributed by atoms with van der Waals surface area (Å²) >= 11 is 0. The van der Waals surface area contributed by atoms with Gasteiger partial charge in [-0.1, -0.05) is 6.07 Å². The molecule has 2 aliphatic rings. The van der Waals surface area contributed by atoms with Crippen molar-refractivity contribution >= 4 is 0 Å². The first-order valence-corrected chi connectivity index (χ1v) is 9.11. The third-order valence-electron chi connectivity index (χ3n) is 5.55. The molecule has 0 saturated carbocycles. The van der Waals surface area contributed by atoms with Gasteiger partial charge in [0.2, 0.25) is 0 Å². The van der Waals surface area contributed by atoms with E-state index in [-0.39, 0.29) is 0 Å². The zero-order chi connectivity index (χ0) is 16.4. The molecule has 128 valence electrons. The summed E-state index contributed by atoms with van der Waals surface area (Å²) < 4.78 is 5.78. The van der Waals surface area contributed by atoms with Crippen LogP contribution in [0.2, 0.25) is 0 Å². The number of piperidine rings is 1. The maximum absolute atomic E-state index is 5.78. The Morgan fingerprint density at radius 2 is 1.92 bits per heavy atom. The Labute approximate surface area is 144 Å². The van der Waals surface area contributed by atoms with E-state index in [1.165, 1.54) is 51.1 Å². The van der Waals surface area contributed by atoms with Crippen LogP contribution in [0.3, 0.4) is 0 Å². The number of pyridine rings is 1. The lowest BCUT2D eigenvalue weighted by Gasteiger charge is -2.40. The van der Waals surface area contributed by atoms with Gasteiger partial charge in [0.05, 0.1) is 12.2 Å². The van der Waals surface area contributed by atoms with E-state index in [2.05, 4.69) is 39.0 Å². The van der Waals surface area contributed by atoms with E-state index >= 15 is 0 Å². The van der Waals surface area contributed by atoms with Crippen molar-refractivity contribution in [1.29, 1.82) is 0 Å². The Hall–Kier alpha value is -1.65. The van der Waals surface area contributed by atoms with Gasteiger partial charge >= 0.3 is 0 Å².